The number of nitrogens with zero attached hydrogens (tertiary/aromatic N) is 3. The second-order valence-electron chi connectivity index (χ2n) is 7.22. The van der Waals surface area contributed by atoms with E-state index < -0.39 is 5.60 Å². The third-order valence-corrected chi connectivity index (χ3v) is 3.99. The van der Waals surface area contributed by atoms with Crippen molar-refractivity contribution in [2.24, 2.45) is 7.05 Å². The van der Waals surface area contributed by atoms with Crippen LogP contribution in [0.3, 0.4) is 0 Å². The minimum Gasteiger partial charge on any atom is -0.444 e. The summed E-state index contributed by atoms with van der Waals surface area (Å²) in [7, 11) is 1.81. The molecule has 0 saturated heterocycles. The molecule has 0 aliphatic carbocycles. The van der Waals surface area contributed by atoms with Gasteiger partial charge in [0.2, 0.25) is 0 Å². The predicted molar refractivity (Wildman–Crippen MR) is 88.8 cm³/mol. The first-order valence-corrected chi connectivity index (χ1v) is 7.95. The van der Waals surface area contributed by atoms with Crippen LogP contribution < -0.4 is 0 Å². The molecule has 0 radical (unpaired) electrons. The highest BCUT2D eigenvalue weighted by Gasteiger charge is 2.33. The first-order valence-electron chi connectivity index (χ1n) is 7.95. The zero-order chi connectivity index (χ0) is 17.6. The number of halogens is 1. The van der Waals surface area contributed by atoms with E-state index in [-0.39, 0.29) is 11.9 Å². The third-order valence-electron chi connectivity index (χ3n) is 3.99. The maximum atomic E-state index is 14.3. The van der Waals surface area contributed by atoms with Crippen molar-refractivity contribution in [3.63, 3.8) is 0 Å². The minimum atomic E-state index is -0.546. The van der Waals surface area contributed by atoms with Gasteiger partial charge in [-0.05, 0) is 39.8 Å². The number of aryl methyl sites for hydroxylation is 2. The van der Waals surface area contributed by atoms with Crippen molar-refractivity contribution in [2.45, 2.75) is 46.4 Å². The Kier molecular flexibility index (Phi) is 3.86. The molecule has 5 nitrogen and oxygen atoms in total. The summed E-state index contributed by atoms with van der Waals surface area (Å²) >= 11 is 0. The molecule has 1 aliphatic rings. The topological polar surface area (TPSA) is 47.4 Å². The van der Waals surface area contributed by atoms with Gasteiger partial charge in [-0.15, -0.1) is 0 Å². The van der Waals surface area contributed by atoms with Crippen LogP contribution in [0.1, 0.15) is 37.6 Å². The molecule has 0 spiro atoms. The summed E-state index contributed by atoms with van der Waals surface area (Å²) in [4.78, 5) is 13.9. The van der Waals surface area contributed by atoms with E-state index in [0.717, 1.165) is 16.8 Å². The quantitative estimate of drug-likeness (QED) is 0.799. The molecule has 1 aromatic carbocycles. The molecule has 1 amide bonds. The zero-order valence-corrected chi connectivity index (χ0v) is 14.7. The van der Waals surface area contributed by atoms with Gasteiger partial charge in [0.05, 0.1) is 18.8 Å². The summed E-state index contributed by atoms with van der Waals surface area (Å²) in [5.41, 5.74) is 3.28. The number of benzene rings is 1. The van der Waals surface area contributed by atoms with Crippen LogP contribution in [0.15, 0.2) is 18.2 Å². The first-order chi connectivity index (χ1) is 11.2. The van der Waals surface area contributed by atoms with Crippen LogP contribution in [0, 0.1) is 12.7 Å². The molecule has 1 aromatic heterocycles. The number of hydrogen-bond acceptors (Lipinski definition) is 3. The molecule has 0 bridgehead atoms. The van der Waals surface area contributed by atoms with Crippen molar-refractivity contribution in [1.29, 1.82) is 0 Å². The average molecular weight is 331 g/mol. The molecule has 1 aliphatic heterocycles. The van der Waals surface area contributed by atoms with E-state index in [9.17, 15) is 9.18 Å². The van der Waals surface area contributed by atoms with E-state index in [2.05, 4.69) is 5.10 Å². The maximum Gasteiger partial charge on any atom is 0.410 e. The smallest absolute Gasteiger partial charge is 0.410 e. The standard InChI is InChI=1S/C18H22FN3O2/c1-11-6-7-14(19)12(8-11)16-13-9-22(10-15(13)21(5)20-16)17(23)24-18(2,3)4/h6-8H,9-10H2,1-5H3. The Labute approximate surface area is 141 Å². The molecule has 6 heteroatoms. The number of carbonyl (C=O) groups excluding carboxylic acids is 1. The Bertz CT molecular complexity index is 805. The molecule has 0 unspecified atom stereocenters. The number of carbonyl (C=O) groups is 1. The molecule has 128 valence electrons. The highest BCUT2D eigenvalue weighted by atomic mass is 19.1. The highest BCUT2D eigenvalue weighted by Crippen LogP contribution is 2.34. The van der Waals surface area contributed by atoms with Crippen LogP contribution in [0.25, 0.3) is 11.3 Å². The van der Waals surface area contributed by atoms with Crippen molar-refractivity contribution in [1.82, 2.24) is 14.7 Å². The fourth-order valence-electron chi connectivity index (χ4n) is 2.89. The summed E-state index contributed by atoms with van der Waals surface area (Å²) in [6.45, 7) is 8.22. The summed E-state index contributed by atoms with van der Waals surface area (Å²) in [5, 5.41) is 4.47. The molecule has 3 rings (SSSR count). The number of rotatable bonds is 1. The Morgan fingerprint density at radius 2 is 2.00 bits per heavy atom. The van der Waals surface area contributed by atoms with E-state index in [4.69, 9.17) is 4.74 Å². The van der Waals surface area contributed by atoms with Gasteiger partial charge in [0.25, 0.3) is 0 Å². The fourth-order valence-corrected chi connectivity index (χ4v) is 2.89. The number of hydrogen-bond donors (Lipinski definition) is 0. The van der Waals surface area contributed by atoms with Crippen molar-refractivity contribution >= 4 is 6.09 Å². The molecule has 24 heavy (non-hydrogen) atoms. The molecule has 0 N–H and O–H groups in total. The third kappa shape index (κ3) is 3.00. The van der Waals surface area contributed by atoms with E-state index in [1.54, 1.807) is 21.7 Å². The number of fused-ring (bicyclic) bond motifs is 1. The fraction of sp³-hybridized carbons (Fsp3) is 0.444. The lowest BCUT2D eigenvalue weighted by molar-refractivity contribution is 0.0239. The Morgan fingerprint density at radius 1 is 1.29 bits per heavy atom. The van der Waals surface area contributed by atoms with Crippen LogP contribution in [-0.4, -0.2) is 26.4 Å². The van der Waals surface area contributed by atoms with Crippen LogP contribution in [0.5, 0.6) is 0 Å². The minimum absolute atomic E-state index is 0.308. The molecule has 2 heterocycles. The number of ether oxygens (including phenoxy) is 1. The van der Waals surface area contributed by atoms with Gasteiger partial charge in [-0.2, -0.15) is 5.10 Å². The van der Waals surface area contributed by atoms with Gasteiger partial charge in [-0.3, -0.25) is 9.58 Å². The normalized spacial score (nSPS) is 14.0. The molecular weight excluding hydrogens is 309 g/mol. The Hall–Kier alpha value is -2.37. The van der Waals surface area contributed by atoms with Crippen LogP contribution in [0.2, 0.25) is 0 Å². The van der Waals surface area contributed by atoms with Gasteiger partial charge in [-0.25, -0.2) is 9.18 Å². The van der Waals surface area contributed by atoms with Gasteiger partial charge in [0.15, 0.2) is 0 Å². The van der Waals surface area contributed by atoms with Gasteiger partial charge in [0.1, 0.15) is 17.1 Å². The molecule has 0 saturated carbocycles. The van der Waals surface area contributed by atoms with Gasteiger partial charge in [0, 0.05) is 18.2 Å². The van der Waals surface area contributed by atoms with Gasteiger partial charge in [-0.1, -0.05) is 11.6 Å². The average Bonchev–Trinajstić information content (AvgIpc) is 3.01. The lowest BCUT2D eigenvalue weighted by Gasteiger charge is -2.24. The van der Waals surface area contributed by atoms with Crippen molar-refractivity contribution in [3.8, 4) is 11.3 Å². The van der Waals surface area contributed by atoms with Crippen LogP contribution >= 0.6 is 0 Å². The molecule has 0 fully saturated rings. The van der Waals surface area contributed by atoms with Crippen molar-refractivity contribution in [3.05, 3.63) is 40.8 Å². The maximum absolute atomic E-state index is 14.3. The van der Waals surface area contributed by atoms with E-state index in [1.165, 1.54) is 6.07 Å². The lowest BCUT2D eigenvalue weighted by atomic mass is 10.0. The first kappa shape index (κ1) is 16.5. The van der Waals surface area contributed by atoms with E-state index in [1.807, 2.05) is 34.7 Å². The van der Waals surface area contributed by atoms with E-state index in [0.29, 0.717) is 24.3 Å². The Morgan fingerprint density at radius 3 is 2.67 bits per heavy atom. The summed E-state index contributed by atoms with van der Waals surface area (Å²) in [5.74, 6) is -0.308. The monoisotopic (exact) mass is 331 g/mol. The molecular formula is C18H22FN3O2. The lowest BCUT2D eigenvalue weighted by Crippen LogP contribution is -2.33. The second kappa shape index (κ2) is 5.61. The zero-order valence-electron chi connectivity index (χ0n) is 14.7. The van der Waals surface area contributed by atoms with Crippen molar-refractivity contribution < 1.29 is 13.9 Å². The molecule has 2 aromatic rings. The second-order valence-corrected chi connectivity index (χ2v) is 7.22. The summed E-state index contributed by atoms with van der Waals surface area (Å²) < 4.78 is 21.4. The SMILES string of the molecule is Cc1ccc(F)c(-c2nn(C)c3c2CN(C(=O)OC(C)(C)C)C3)c1. The highest BCUT2D eigenvalue weighted by molar-refractivity contribution is 5.72. The van der Waals surface area contributed by atoms with Crippen molar-refractivity contribution in [2.75, 3.05) is 0 Å². The van der Waals surface area contributed by atoms with Crippen LogP contribution in [0.4, 0.5) is 9.18 Å². The Balaban J connectivity index is 1.93. The number of amides is 1. The summed E-state index contributed by atoms with van der Waals surface area (Å²) in [6.07, 6.45) is -0.366. The number of aromatic nitrogens is 2. The predicted octanol–water partition coefficient (Wildman–Crippen LogP) is 3.79. The summed E-state index contributed by atoms with van der Waals surface area (Å²) in [6, 6.07) is 4.97. The van der Waals surface area contributed by atoms with Crippen LogP contribution in [-0.2, 0) is 24.9 Å². The van der Waals surface area contributed by atoms with E-state index >= 15 is 0 Å². The van der Waals surface area contributed by atoms with Gasteiger partial charge < -0.3 is 4.74 Å². The van der Waals surface area contributed by atoms with Gasteiger partial charge >= 0.3 is 6.09 Å². The largest absolute Gasteiger partial charge is 0.444 e. The molecule has 0 atom stereocenters.